The summed E-state index contributed by atoms with van der Waals surface area (Å²) in [7, 11) is 4.07. The summed E-state index contributed by atoms with van der Waals surface area (Å²) in [6, 6.07) is 6.14. The second-order valence-corrected chi connectivity index (χ2v) is 5.27. The number of aryl methyl sites for hydroxylation is 1. The molecule has 0 bridgehead atoms. The molecule has 2 rings (SSSR count). The molecule has 104 valence electrons. The molecule has 1 aliphatic heterocycles. The number of hydrogen-bond acceptors (Lipinski definition) is 3. The van der Waals surface area contributed by atoms with Gasteiger partial charge in [0, 0.05) is 6.54 Å². The normalized spacial score (nSPS) is 15.5. The molecule has 0 radical (unpaired) electrons. The van der Waals surface area contributed by atoms with Crippen molar-refractivity contribution in [3.05, 3.63) is 29.3 Å². The lowest BCUT2D eigenvalue weighted by Gasteiger charge is -2.37. The van der Waals surface area contributed by atoms with E-state index in [1.165, 1.54) is 10.5 Å². The van der Waals surface area contributed by atoms with Crippen molar-refractivity contribution >= 4 is 6.09 Å². The fourth-order valence-corrected chi connectivity index (χ4v) is 2.16. The molecule has 1 aromatic rings. The van der Waals surface area contributed by atoms with Crippen LogP contribution in [-0.2, 0) is 6.54 Å². The number of amides is 1. The molecular formula is C14H20N2O3. The Kier molecular flexibility index (Phi) is 3.95. The molecule has 5 heteroatoms. The molecule has 1 aliphatic rings. The van der Waals surface area contributed by atoms with Crippen LogP contribution >= 0.6 is 0 Å². The molecule has 0 spiro atoms. The highest BCUT2D eigenvalue weighted by molar-refractivity contribution is 5.66. The Bertz CT molecular complexity index is 468. The zero-order valence-corrected chi connectivity index (χ0v) is 11.6. The summed E-state index contributed by atoms with van der Waals surface area (Å²) in [5, 5.41) is 8.76. The van der Waals surface area contributed by atoms with Gasteiger partial charge in [-0.25, -0.2) is 4.79 Å². The molecule has 0 atom stereocenters. The van der Waals surface area contributed by atoms with E-state index in [1.807, 2.05) is 27.1 Å². The summed E-state index contributed by atoms with van der Waals surface area (Å²) < 4.78 is 5.80. The molecule has 1 amide bonds. The molecule has 1 N–H and O–H groups in total. The Morgan fingerprint density at radius 1 is 1.47 bits per heavy atom. The monoisotopic (exact) mass is 264 g/mol. The van der Waals surface area contributed by atoms with Crippen LogP contribution in [0.25, 0.3) is 0 Å². The van der Waals surface area contributed by atoms with E-state index >= 15 is 0 Å². The van der Waals surface area contributed by atoms with Gasteiger partial charge in [-0.3, -0.25) is 0 Å². The molecule has 5 nitrogen and oxygen atoms in total. The van der Waals surface area contributed by atoms with E-state index in [0.29, 0.717) is 13.1 Å². The Morgan fingerprint density at radius 3 is 2.68 bits per heavy atom. The second-order valence-electron chi connectivity index (χ2n) is 5.27. The third kappa shape index (κ3) is 3.38. The summed E-state index contributed by atoms with van der Waals surface area (Å²) in [5.74, 6) is 0.845. The van der Waals surface area contributed by atoms with Crippen LogP contribution in [0.4, 0.5) is 4.79 Å². The molecule has 0 saturated carbocycles. The van der Waals surface area contributed by atoms with Gasteiger partial charge in [-0.05, 0) is 38.2 Å². The van der Waals surface area contributed by atoms with E-state index in [0.717, 1.165) is 17.9 Å². The highest BCUT2D eigenvalue weighted by Crippen LogP contribution is 2.23. The first kappa shape index (κ1) is 13.7. The molecule has 1 aromatic carbocycles. The van der Waals surface area contributed by atoms with Crippen LogP contribution in [-0.4, -0.2) is 54.3 Å². The quantitative estimate of drug-likeness (QED) is 0.901. The average molecular weight is 264 g/mol. The average Bonchev–Trinajstić information content (AvgIpc) is 2.23. The van der Waals surface area contributed by atoms with Crippen LogP contribution in [0.3, 0.4) is 0 Å². The largest absolute Gasteiger partial charge is 0.486 e. The van der Waals surface area contributed by atoms with Gasteiger partial charge in [0.1, 0.15) is 11.9 Å². The molecule has 0 unspecified atom stereocenters. The topological polar surface area (TPSA) is 53.0 Å². The van der Waals surface area contributed by atoms with Gasteiger partial charge in [0.15, 0.2) is 0 Å². The lowest BCUT2D eigenvalue weighted by molar-refractivity contribution is 0.0248. The van der Waals surface area contributed by atoms with Crippen LogP contribution in [0.15, 0.2) is 18.2 Å². The minimum Gasteiger partial charge on any atom is -0.486 e. The number of nitrogens with zero attached hydrogens (tertiary/aromatic N) is 2. The van der Waals surface area contributed by atoms with Gasteiger partial charge in [-0.1, -0.05) is 12.1 Å². The Hall–Kier alpha value is -1.75. The van der Waals surface area contributed by atoms with Gasteiger partial charge in [-0.2, -0.15) is 0 Å². The molecule has 0 aromatic heterocycles. The summed E-state index contributed by atoms with van der Waals surface area (Å²) >= 11 is 0. The third-order valence-corrected chi connectivity index (χ3v) is 3.15. The van der Waals surface area contributed by atoms with Gasteiger partial charge in [0.25, 0.3) is 0 Å². The maximum absolute atomic E-state index is 10.7. The Morgan fingerprint density at radius 2 is 2.16 bits per heavy atom. The summed E-state index contributed by atoms with van der Waals surface area (Å²) in [6.45, 7) is 3.82. The van der Waals surface area contributed by atoms with Crippen molar-refractivity contribution in [3.8, 4) is 5.75 Å². The molecule has 0 aliphatic carbocycles. The van der Waals surface area contributed by atoms with Crippen LogP contribution < -0.4 is 4.74 Å². The maximum Gasteiger partial charge on any atom is 0.407 e. The smallest absolute Gasteiger partial charge is 0.407 e. The zero-order valence-electron chi connectivity index (χ0n) is 11.6. The van der Waals surface area contributed by atoms with Gasteiger partial charge in [-0.15, -0.1) is 0 Å². The lowest BCUT2D eigenvalue weighted by Crippen LogP contribution is -2.55. The first-order chi connectivity index (χ1) is 8.95. The van der Waals surface area contributed by atoms with E-state index in [9.17, 15) is 4.79 Å². The summed E-state index contributed by atoms with van der Waals surface area (Å²) in [4.78, 5) is 14.1. The number of likely N-dealkylation sites (tertiary alicyclic amines) is 1. The number of hydrogen-bond donors (Lipinski definition) is 1. The Balaban J connectivity index is 1.93. The molecule has 19 heavy (non-hydrogen) atoms. The first-order valence-corrected chi connectivity index (χ1v) is 6.34. The van der Waals surface area contributed by atoms with Gasteiger partial charge >= 0.3 is 6.09 Å². The molecule has 1 saturated heterocycles. The minimum absolute atomic E-state index is 0.0190. The van der Waals surface area contributed by atoms with Gasteiger partial charge < -0.3 is 19.6 Å². The van der Waals surface area contributed by atoms with Crippen molar-refractivity contribution in [2.24, 2.45) is 0 Å². The van der Waals surface area contributed by atoms with E-state index < -0.39 is 6.09 Å². The summed E-state index contributed by atoms with van der Waals surface area (Å²) in [5.41, 5.74) is 2.34. The first-order valence-electron chi connectivity index (χ1n) is 6.34. The number of benzene rings is 1. The number of carboxylic acid groups (broad SMARTS) is 1. The zero-order chi connectivity index (χ0) is 14.0. The lowest BCUT2D eigenvalue weighted by atomic mass is 10.1. The van der Waals surface area contributed by atoms with Crippen molar-refractivity contribution in [3.63, 3.8) is 0 Å². The van der Waals surface area contributed by atoms with Gasteiger partial charge in [0.05, 0.1) is 13.1 Å². The van der Waals surface area contributed by atoms with Crippen molar-refractivity contribution in [2.45, 2.75) is 19.6 Å². The Labute approximate surface area is 113 Å². The highest BCUT2D eigenvalue weighted by Gasteiger charge is 2.32. The summed E-state index contributed by atoms with van der Waals surface area (Å²) in [6.07, 6.45) is -0.896. The van der Waals surface area contributed by atoms with E-state index in [4.69, 9.17) is 9.84 Å². The molecule has 1 fully saturated rings. The minimum atomic E-state index is -0.877. The predicted molar refractivity (Wildman–Crippen MR) is 72.6 cm³/mol. The van der Waals surface area contributed by atoms with E-state index in [1.54, 1.807) is 0 Å². The fourth-order valence-electron chi connectivity index (χ4n) is 2.16. The standard InChI is InChI=1S/C14H20N2O3/c1-10-6-11(7-15(2)3)4-5-13(10)19-12-8-16(9-12)14(17)18/h4-6,12H,7-9H2,1-3H3,(H,17,18). The number of ether oxygens (including phenoxy) is 1. The SMILES string of the molecule is Cc1cc(CN(C)C)ccc1OC1CN(C(=O)O)C1. The molecule has 1 heterocycles. The van der Waals surface area contributed by atoms with E-state index in [-0.39, 0.29) is 6.10 Å². The van der Waals surface area contributed by atoms with Crippen LogP contribution in [0.1, 0.15) is 11.1 Å². The number of rotatable bonds is 4. The third-order valence-electron chi connectivity index (χ3n) is 3.15. The van der Waals surface area contributed by atoms with Crippen molar-refractivity contribution in [1.82, 2.24) is 9.80 Å². The maximum atomic E-state index is 10.7. The second kappa shape index (κ2) is 5.48. The van der Waals surface area contributed by atoms with Crippen molar-refractivity contribution < 1.29 is 14.6 Å². The van der Waals surface area contributed by atoms with Crippen molar-refractivity contribution in [2.75, 3.05) is 27.2 Å². The van der Waals surface area contributed by atoms with Crippen LogP contribution in [0.5, 0.6) is 5.75 Å². The fraction of sp³-hybridized carbons (Fsp3) is 0.500. The number of carbonyl (C=O) groups is 1. The molecular weight excluding hydrogens is 244 g/mol. The van der Waals surface area contributed by atoms with Crippen molar-refractivity contribution in [1.29, 1.82) is 0 Å². The predicted octanol–water partition coefficient (Wildman–Crippen LogP) is 1.80. The van der Waals surface area contributed by atoms with Crippen LogP contribution in [0, 0.1) is 6.92 Å². The van der Waals surface area contributed by atoms with Crippen LogP contribution in [0.2, 0.25) is 0 Å². The highest BCUT2D eigenvalue weighted by atomic mass is 16.5. The van der Waals surface area contributed by atoms with E-state index in [2.05, 4.69) is 17.0 Å². The van der Waals surface area contributed by atoms with Gasteiger partial charge in [0.2, 0.25) is 0 Å².